The number of urea groups is 1. The molecule has 1 aromatic rings. The van der Waals surface area contributed by atoms with Gasteiger partial charge in [0.1, 0.15) is 0 Å². The molecule has 1 aromatic carbocycles. The van der Waals surface area contributed by atoms with Gasteiger partial charge in [0.25, 0.3) is 0 Å². The summed E-state index contributed by atoms with van der Waals surface area (Å²) < 4.78 is 0. The van der Waals surface area contributed by atoms with E-state index in [0.29, 0.717) is 19.0 Å². The van der Waals surface area contributed by atoms with E-state index in [0.717, 1.165) is 44.9 Å². The third kappa shape index (κ3) is 5.68. The van der Waals surface area contributed by atoms with Crippen LogP contribution < -0.4 is 5.32 Å². The molecular formula is C23H35N3O2S. The number of hydrogen-bond donors (Lipinski definition) is 2. The summed E-state index contributed by atoms with van der Waals surface area (Å²) in [6.45, 7) is 4.53. The molecule has 4 rings (SSSR count). The van der Waals surface area contributed by atoms with Gasteiger partial charge in [-0.05, 0) is 66.6 Å². The zero-order valence-corrected chi connectivity index (χ0v) is 18.2. The molecule has 0 aliphatic carbocycles. The van der Waals surface area contributed by atoms with Gasteiger partial charge in [-0.15, -0.1) is 0 Å². The number of rotatable bonds is 5. The van der Waals surface area contributed by atoms with Gasteiger partial charge in [-0.2, -0.15) is 11.8 Å². The third-order valence-electron chi connectivity index (χ3n) is 6.85. The van der Waals surface area contributed by atoms with E-state index in [2.05, 4.69) is 46.2 Å². The van der Waals surface area contributed by atoms with Crippen LogP contribution in [0.4, 0.5) is 4.79 Å². The summed E-state index contributed by atoms with van der Waals surface area (Å²) in [5.74, 6) is 4.01. The maximum Gasteiger partial charge on any atom is 0.317 e. The minimum absolute atomic E-state index is 0.00271. The Bertz CT molecular complexity index is 680. The molecule has 0 spiro atoms. The van der Waals surface area contributed by atoms with Crippen molar-refractivity contribution in [1.29, 1.82) is 0 Å². The summed E-state index contributed by atoms with van der Waals surface area (Å²) in [6.07, 6.45) is 5.49. The molecule has 29 heavy (non-hydrogen) atoms. The number of hydrogen-bond acceptors (Lipinski definition) is 4. The molecule has 3 aliphatic heterocycles. The van der Waals surface area contributed by atoms with Crippen LogP contribution in [0.5, 0.6) is 0 Å². The lowest BCUT2D eigenvalue weighted by Crippen LogP contribution is -2.49. The van der Waals surface area contributed by atoms with E-state index in [9.17, 15) is 9.90 Å². The minimum atomic E-state index is -0.528. The van der Waals surface area contributed by atoms with Gasteiger partial charge >= 0.3 is 6.03 Å². The molecule has 3 heterocycles. The SMILES string of the molecule is O=C(NC[C@H](O)CN1CCc2ccccc2C1)N1CCCC(C2CCSCC2)C1. The Labute approximate surface area is 179 Å². The fraction of sp³-hybridized carbons (Fsp3) is 0.696. The fourth-order valence-corrected chi connectivity index (χ4v) is 6.30. The molecule has 1 unspecified atom stereocenters. The lowest BCUT2D eigenvalue weighted by molar-refractivity contribution is 0.0992. The van der Waals surface area contributed by atoms with Crippen LogP contribution in [-0.4, -0.2) is 71.3 Å². The van der Waals surface area contributed by atoms with Crippen molar-refractivity contribution in [1.82, 2.24) is 15.1 Å². The first-order valence-corrected chi connectivity index (χ1v) is 12.4. The highest BCUT2D eigenvalue weighted by atomic mass is 32.2. The number of thioether (sulfide) groups is 1. The number of nitrogens with zero attached hydrogens (tertiary/aromatic N) is 2. The van der Waals surface area contributed by atoms with Crippen molar-refractivity contribution >= 4 is 17.8 Å². The monoisotopic (exact) mass is 417 g/mol. The fourth-order valence-electron chi connectivity index (χ4n) is 5.16. The lowest BCUT2D eigenvalue weighted by atomic mass is 9.82. The highest BCUT2D eigenvalue weighted by molar-refractivity contribution is 7.99. The molecule has 0 saturated carbocycles. The molecule has 0 radical (unpaired) electrons. The molecule has 2 fully saturated rings. The number of β-amino-alcohol motifs (C(OH)–C–C–N with tert-alkyl or cyclic N) is 1. The summed E-state index contributed by atoms with van der Waals surface area (Å²) in [4.78, 5) is 16.9. The van der Waals surface area contributed by atoms with E-state index < -0.39 is 6.10 Å². The maximum absolute atomic E-state index is 12.7. The van der Waals surface area contributed by atoms with Crippen molar-refractivity contribution in [3.05, 3.63) is 35.4 Å². The van der Waals surface area contributed by atoms with E-state index in [1.807, 2.05) is 4.90 Å². The zero-order chi connectivity index (χ0) is 20.1. The van der Waals surface area contributed by atoms with Gasteiger partial charge in [0, 0.05) is 39.3 Å². The number of carbonyl (C=O) groups is 1. The average Bonchev–Trinajstić information content (AvgIpc) is 2.78. The number of fused-ring (bicyclic) bond motifs is 1. The Balaban J connectivity index is 1.20. The second-order valence-corrected chi connectivity index (χ2v) is 10.1. The summed E-state index contributed by atoms with van der Waals surface area (Å²) in [7, 11) is 0. The van der Waals surface area contributed by atoms with Crippen LogP contribution in [0.15, 0.2) is 24.3 Å². The van der Waals surface area contributed by atoms with Crippen molar-refractivity contribution < 1.29 is 9.90 Å². The number of aliphatic hydroxyl groups excluding tert-OH is 1. The standard InChI is InChI=1S/C23H35N3O2S/c27-22(17-25-11-7-18-4-1-2-5-20(18)15-25)14-24-23(28)26-10-3-6-21(16-26)19-8-12-29-13-9-19/h1-2,4-5,19,21-22,27H,3,6-17H2,(H,24,28)/t21?,22-/m0/s1. The summed E-state index contributed by atoms with van der Waals surface area (Å²) in [5.41, 5.74) is 2.78. The lowest BCUT2D eigenvalue weighted by Gasteiger charge is -2.38. The summed E-state index contributed by atoms with van der Waals surface area (Å²) in [5, 5.41) is 13.5. The largest absolute Gasteiger partial charge is 0.390 e. The molecule has 6 heteroatoms. The minimum Gasteiger partial charge on any atom is -0.390 e. The highest BCUT2D eigenvalue weighted by Crippen LogP contribution is 2.33. The maximum atomic E-state index is 12.7. The van der Waals surface area contributed by atoms with E-state index in [4.69, 9.17) is 0 Å². The first-order chi connectivity index (χ1) is 14.2. The van der Waals surface area contributed by atoms with Gasteiger partial charge in [-0.25, -0.2) is 4.79 Å². The van der Waals surface area contributed by atoms with Gasteiger partial charge in [0.05, 0.1) is 6.10 Å². The first kappa shape index (κ1) is 21.0. The molecule has 0 bridgehead atoms. The first-order valence-electron chi connectivity index (χ1n) is 11.3. The van der Waals surface area contributed by atoms with Crippen molar-refractivity contribution in [2.75, 3.05) is 44.2 Å². The number of aliphatic hydroxyl groups is 1. The van der Waals surface area contributed by atoms with Crippen LogP contribution in [0, 0.1) is 11.8 Å². The number of benzene rings is 1. The smallest absolute Gasteiger partial charge is 0.317 e. The molecule has 2 atom stereocenters. The second-order valence-electron chi connectivity index (χ2n) is 8.89. The van der Waals surface area contributed by atoms with Gasteiger partial charge in [0.15, 0.2) is 0 Å². The van der Waals surface area contributed by atoms with E-state index >= 15 is 0 Å². The molecular weight excluding hydrogens is 382 g/mol. The number of likely N-dealkylation sites (tertiary alicyclic amines) is 1. The second kappa shape index (κ2) is 10.2. The van der Waals surface area contributed by atoms with Gasteiger partial charge in [-0.1, -0.05) is 24.3 Å². The van der Waals surface area contributed by atoms with Crippen molar-refractivity contribution in [2.45, 2.75) is 44.8 Å². The van der Waals surface area contributed by atoms with Gasteiger partial charge in [-0.3, -0.25) is 4.90 Å². The highest BCUT2D eigenvalue weighted by Gasteiger charge is 2.30. The van der Waals surface area contributed by atoms with Crippen LogP contribution in [0.1, 0.15) is 36.8 Å². The van der Waals surface area contributed by atoms with Crippen molar-refractivity contribution in [2.24, 2.45) is 11.8 Å². The number of amides is 2. The predicted octanol–water partition coefficient (Wildman–Crippen LogP) is 2.97. The van der Waals surface area contributed by atoms with Crippen LogP contribution >= 0.6 is 11.8 Å². The number of nitrogens with one attached hydrogen (secondary N) is 1. The topological polar surface area (TPSA) is 55.8 Å². The number of carbonyl (C=O) groups excluding carboxylic acids is 1. The third-order valence-corrected chi connectivity index (χ3v) is 7.89. The molecule has 5 nitrogen and oxygen atoms in total. The van der Waals surface area contributed by atoms with Crippen molar-refractivity contribution in [3.8, 4) is 0 Å². The Hall–Kier alpha value is -1.24. The Kier molecular flexibility index (Phi) is 7.38. The molecule has 2 saturated heterocycles. The summed E-state index contributed by atoms with van der Waals surface area (Å²) in [6, 6.07) is 8.55. The van der Waals surface area contributed by atoms with Crippen LogP contribution in [0.25, 0.3) is 0 Å². The van der Waals surface area contributed by atoms with Gasteiger partial charge < -0.3 is 15.3 Å². The van der Waals surface area contributed by atoms with Crippen molar-refractivity contribution in [3.63, 3.8) is 0 Å². The quantitative estimate of drug-likeness (QED) is 0.773. The number of piperidine rings is 1. The average molecular weight is 418 g/mol. The van der Waals surface area contributed by atoms with Crippen LogP contribution in [0.2, 0.25) is 0 Å². The summed E-state index contributed by atoms with van der Waals surface area (Å²) >= 11 is 2.07. The van der Waals surface area contributed by atoms with Crippen LogP contribution in [-0.2, 0) is 13.0 Å². The molecule has 2 amide bonds. The van der Waals surface area contributed by atoms with E-state index in [1.165, 1.54) is 41.9 Å². The Morgan fingerprint density at radius 3 is 2.76 bits per heavy atom. The Morgan fingerprint density at radius 1 is 1.14 bits per heavy atom. The molecule has 2 N–H and O–H groups in total. The van der Waals surface area contributed by atoms with Crippen LogP contribution in [0.3, 0.4) is 0 Å². The predicted molar refractivity (Wildman–Crippen MR) is 119 cm³/mol. The normalized spacial score (nSPS) is 24.7. The molecule has 3 aliphatic rings. The zero-order valence-electron chi connectivity index (χ0n) is 17.4. The van der Waals surface area contributed by atoms with E-state index in [1.54, 1.807) is 0 Å². The van der Waals surface area contributed by atoms with E-state index in [-0.39, 0.29) is 6.03 Å². The molecule has 0 aromatic heterocycles. The Morgan fingerprint density at radius 2 is 1.93 bits per heavy atom. The molecule has 160 valence electrons. The van der Waals surface area contributed by atoms with Gasteiger partial charge in [0.2, 0.25) is 0 Å².